The van der Waals surface area contributed by atoms with Gasteiger partial charge in [0.15, 0.2) is 0 Å². The Morgan fingerprint density at radius 1 is 1.38 bits per heavy atom. The van der Waals surface area contributed by atoms with Gasteiger partial charge in [0.05, 0.1) is 10.7 Å². The second-order valence-electron chi connectivity index (χ2n) is 6.44. The van der Waals surface area contributed by atoms with Crippen LogP contribution in [0.1, 0.15) is 23.4 Å². The van der Waals surface area contributed by atoms with Gasteiger partial charge >= 0.3 is 6.03 Å². The van der Waals surface area contributed by atoms with Gasteiger partial charge in [-0.25, -0.2) is 9.78 Å². The van der Waals surface area contributed by atoms with Gasteiger partial charge in [-0.15, -0.1) is 11.3 Å². The molecule has 1 aromatic carbocycles. The molecule has 2 aliphatic rings. The first-order chi connectivity index (χ1) is 12.5. The predicted octanol–water partition coefficient (Wildman–Crippen LogP) is 2.00. The van der Waals surface area contributed by atoms with Crippen LogP contribution in [-0.2, 0) is 16.0 Å². The van der Waals surface area contributed by atoms with E-state index in [1.807, 2.05) is 24.4 Å². The molecule has 2 aromatic rings. The van der Waals surface area contributed by atoms with Crippen molar-refractivity contribution in [3.63, 3.8) is 0 Å². The van der Waals surface area contributed by atoms with E-state index in [2.05, 4.69) is 21.7 Å². The van der Waals surface area contributed by atoms with E-state index in [1.165, 1.54) is 0 Å². The van der Waals surface area contributed by atoms with E-state index in [4.69, 9.17) is 0 Å². The average molecular weight is 370 g/mol. The summed E-state index contributed by atoms with van der Waals surface area (Å²) in [5.41, 5.74) is 4.08. The highest BCUT2D eigenvalue weighted by Crippen LogP contribution is 2.33. The Kier molecular flexibility index (Phi) is 4.20. The molecule has 26 heavy (non-hydrogen) atoms. The number of benzene rings is 1. The van der Waals surface area contributed by atoms with E-state index in [9.17, 15) is 14.4 Å². The molecule has 0 aliphatic carbocycles. The van der Waals surface area contributed by atoms with E-state index in [0.29, 0.717) is 13.0 Å². The number of aromatic nitrogens is 1. The maximum Gasteiger partial charge on any atom is 0.322 e. The lowest BCUT2D eigenvalue weighted by Crippen LogP contribution is -2.33. The normalized spacial score (nSPS) is 18.7. The Labute approximate surface area is 154 Å². The van der Waals surface area contributed by atoms with Crippen LogP contribution in [0.4, 0.5) is 10.5 Å². The van der Waals surface area contributed by atoms with E-state index < -0.39 is 12.1 Å². The fraction of sp³-hybridized carbons (Fsp3) is 0.333. The lowest BCUT2D eigenvalue weighted by atomic mass is 10.1. The minimum atomic E-state index is -0.621. The molecule has 0 spiro atoms. The number of nitrogens with one attached hydrogen (secondary N) is 2. The number of hydrogen-bond acceptors (Lipinski definition) is 5. The first-order valence-electron chi connectivity index (χ1n) is 8.48. The molecule has 134 valence electrons. The zero-order valence-corrected chi connectivity index (χ0v) is 15.1. The molecule has 8 heteroatoms. The van der Waals surface area contributed by atoms with Gasteiger partial charge in [0.1, 0.15) is 6.04 Å². The number of hydrogen-bond donors (Lipinski definition) is 2. The van der Waals surface area contributed by atoms with Crippen molar-refractivity contribution >= 4 is 34.9 Å². The topological polar surface area (TPSA) is 91.4 Å². The Morgan fingerprint density at radius 2 is 2.23 bits per heavy atom. The highest BCUT2D eigenvalue weighted by molar-refractivity contribution is 7.09. The fourth-order valence-electron chi connectivity index (χ4n) is 3.38. The number of fused-ring (bicyclic) bond motifs is 1. The number of urea groups is 1. The van der Waals surface area contributed by atoms with Crippen molar-refractivity contribution in [2.75, 3.05) is 11.4 Å². The zero-order chi connectivity index (χ0) is 18.3. The van der Waals surface area contributed by atoms with E-state index >= 15 is 0 Å². The molecule has 1 aromatic heterocycles. The van der Waals surface area contributed by atoms with Crippen LogP contribution in [0, 0.1) is 6.92 Å². The van der Waals surface area contributed by atoms with Crippen molar-refractivity contribution in [1.82, 2.24) is 15.6 Å². The number of carbonyl (C=O) groups is 3. The van der Waals surface area contributed by atoms with Crippen LogP contribution in [0.15, 0.2) is 23.6 Å². The van der Waals surface area contributed by atoms with Gasteiger partial charge in [0.2, 0.25) is 5.91 Å². The van der Waals surface area contributed by atoms with Crippen LogP contribution in [0.5, 0.6) is 0 Å². The highest BCUT2D eigenvalue weighted by atomic mass is 32.1. The molecular formula is C18H18N4O3S. The largest absolute Gasteiger partial charge is 0.326 e. The Balaban J connectivity index is 1.45. The maximum absolute atomic E-state index is 12.6. The van der Waals surface area contributed by atoms with Gasteiger partial charge in [-0.2, -0.15) is 0 Å². The summed E-state index contributed by atoms with van der Waals surface area (Å²) in [5.74, 6) is -0.400. The summed E-state index contributed by atoms with van der Waals surface area (Å²) in [4.78, 5) is 41.6. The molecule has 7 nitrogen and oxygen atoms in total. The molecule has 1 unspecified atom stereocenters. The summed E-state index contributed by atoms with van der Waals surface area (Å²) in [5, 5.41) is 7.77. The first-order valence-corrected chi connectivity index (χ1v) is 9.36. The Hall–Kier alpha value is -2.74. The van der Waals surface area contributed by atoms with E-state index in [1.54, 1.807) is 16.2 Å². The standard InChI is InChI=1S/C18H18N4O3S/c1-10-19-14(9-26-10)11-2-4-15-12(8-11)6-7-22(15)16(23)5-3-13-17(24)21-18(25)20-13/h2,4,8-9,13H,3,5-7H2,1H3,(H2,20,21,24,25). The molecule has 4 rings (SSSR count). The summed E-state index contributed by atoms with van der Waals surface area (Å²) in [6.07, 6.45) is 1.32. The van der Waals surface area contributed by atoms with Crippen LogP contribution in [-0.4, -0.2) is 35.4 Å². The number of carbonyl (C=O) groups excluding carboxylic acids is 3. The molecule has 2 N–H and O–H groups in total. The summed E-state index contributed by atoms with van der Waals surface area (Å²) in [7, 11) is 0. The van der Waals surface area contributed by atoms with Crippen LogP contribution in [0.2, 0.25) is 0 Å². The predicted molar refractivity (Wildman–Crippen MR) is 98.0 cm³/mol. The number of anilines is 1. The quantitative estimate of drug-likeness (QED) is 0.805. The number of imide groups is 1. The zero-order valence-electron chi connectivity index (χ0n) is 14.2. The lowest BCUT2D eigenvalue weighted by Gasteiger charge is -2.18. The lowest BCUT2D eigenvalue weighted by molar-refractivity contribution is -0.121. The van der Waals surface area contributed by atoms with Crippen molar-refractivity contribution < 1.29 is 14.4 Å². The molecule has 2 aliphatic heterocycles. The van der Waals surface area contributed by atoms with Crippen molar-refractivity contribution in [1.29, 1.82) is 0 Å². The molecule has 1 saturated heterocycles. The van der Waals surface area contributed by atoms with Gasteiger partial charge in [-0.1, -0.05) is 6.07 Å². The van der Waals surface area contributed by atoms with E-state index in [0.717, 1.165) is 33.9 Å². The van der Waals surface area contributed by atoms with Crippen molar-refractivity contribution in [3.8, 4) is 11.3 Å². The third kappa shape index (κ3) is 3.08. The van der Waals surface area contributed by atoms with Gasteiger partial charge in [0.25, 0.3) is 5.91 Å². The van der Waals surface area contributed by atoms with Gasteiger partial charge in [0, 0.05) is 29.6 Å². The number of aryl methyl sites for hydroxylation is 1. The van der Waals surface area contributed by atoms with Crippen LogP contribution in [0.3, 0.4) is 0 Å². The number of nitrogens with zero attached hydrogens (tertiary/aromatic N) is 2. The highest BCUT2D eigenvalue weighted by Gasteiger charge is 2.31. The Morgan fingerprint density at radius 3 is 2.92 bits per heavy atom. The SMILES string of the molecule is Cc1nc(-c2ccc3c(c2)CCN3C(=O)CCC2NC(=O)NC2=O)cs1. The van der Waals surface area contributed by atoms with Gasteiger partial charge in [-0.3, -0.25) is 14.9 Å². The van der Waals surface area contributed by atoms with Crippen molar-refractivity contribution in [3.05, 3.63) is 34.2 Å². The van der Waals surface area contributed by atoms with Crippen LogP contribution >= 0.6 is 11.3 Å². The monoisotopic (exact) mass is 370 g/mol. The summed E-state index contributed by atoms with van der Waals surface area (Å²) >= 11 is 1.62. The molecule has 4 amide bonds. The molecular weight excluding hydrogens is 352 g/mol. The third-order valence-corrected chi connectivity index (χ3v) is 5.47. The number of rotatable bonds is 4. The molecule has 3 heterocycles. The average Bonchev–Trinajstić information content (AvgIpc) is 3.30. The van der Waals surface area contributed by atoms with Crippen molar-refractivity contribution in [2.45, 2.75) is 32.2 Å². The molecule has 0 bridgehead atoms. The summed E-state index contributed by atoms with van der Waals surface area (Å²) in [6, 6.07) is 4.94. The number of thiazole rings is 1. The summed E-state index contributed by atoms with van der Waals surface area (Å²) < 4.78 is 0. The smallest absolute Gasteiger partial charge is 0.322 e. The maximum atomic E-state index is 12.6. The Bertz CT molecular complexity index is 908. The van der Waals surface area contributed by atoms with E-state index in [-0.39, 0.29) is 18.2 Å². The van der Waals surface area contributed by atoms with Gasteiger partial charge < -0.3 is 10.2 Å². The second-order valence-corrected chi connectivity index (χ2v) is 7.51. The molecule has 1 atom stereocenters. The van der Waals surface area contributed by atoms with Crippen molar-refractivity contribution in [2.24, 2.45) is 0 Å². The minimum Gasteiger partial charge on any atom is -0.326 e. The fourth-order valence-corrected chi connectivity index (χ4v) is 4.00. The molecule has 1 fully saturated rings. The molecule has 0 radical (unpaired) electrons. The summed E-state index contributed by atoms with van der Waals surface area (Å²) in [6.45, 7) is 2.62. The van der Waals surface area contributed by atoms with Crippen LogP contribution in [0.25, 0.3) is 11.3 Å². The van der Waals surface area contributed by atoms with Gasteiger partial charge in [-0.05, 0) is 37.5 Å². The first kappa shape index (κ1) is 16.7. The second kappa shape index (κ2) is 6.53. The number of amides is 4. The molecule has 0 saturated carbocycles. The minimum absolute atomic E-state index is 0.0325. The van der Waals surface area contributed by atoms with Crippen LogP contribution < -0.4 is 15.5 Å². The third-order valence-electron chi connectivity index (χ3n) is 4.70.